The summed E-state index contributed by atoms with van der Waals surface area (Å²) in [6, 6.07) is 6.12. The number of amides is 1. The van der Waals surface area contributed by atoms with E-state index in [4.69, 9.17) is 9.47 Å². The molecule has 2 saturated heterocycles. The maximum atomic E-state index is 12.2. The first-order valence-corrected chi connectivity index (χ1v) is 12.1. The van der Waals surface area contributed by atoms with Crippen molar-refractivity contribution in [1.29, 1.82) is 0 Å². The number of nitrogens with zero attached hydrogens (tertiary/aromatic N) is 4. The van der Waals surface area contributed by atoms with Crippen LogP contribution in [-0.4, -0.2) is 66.3 Å². The molecular formula is C25H34N4O4. The van der Waals surface area contributed by atoms with Crippen molar-refractivity contribution in [2.75, 3.05) is 44.3 Å². The number of fused-ring (bicyclic) bond motifs is 1. The summed E-state index contributed by atoms with van der Waals surface area (Å²) >= 11 is 0. The van der Waals surface area contributed by atoms with E-state index in [0.717, 1.165) is 74.1 Å². The van der Waals surface area contributed by atoms with Crippen LogP contribution in [0.3, 0.4) is 0 Å². The molecule has 1 aromatic carbocycles. The third-order valence-electron chi connectivity index (χ3n) is 6.76. The minimum absolute atomic E-state index is 0.174. The van der Waals surface area contributed by atoms with Gasteiger partial charge in [0.1, 0.15) is 12.1 Å². The van der Waals surface area contributed by atoms with Gasteiger partial charge in [-0.2, -0.15) is 0 Å². The van der Waals surface area contributed by atoms with E-state index in [1.807, 2.05) is 24.0 Å². The lowest BCUT2D eigenvalue weighted by molar-refractivity contribution is -0.143. The Morgan fingerprint density at radius 2 is 1.88 bits per heavy atom. The van der Waals surface area contributed by atoms with Crippen LogP contribution in [0, 0.1) is 5.41 Å². The zero-order valence-electron chi connectivity index (χ0n) is 19.7. The fourth-order valence-corrected chi connectivity index (χ4v) is 4.77. The highest BCUT2D eigenvalue weighted by molar-refractivity contribution is 5.90. The molecule has 0 N–H and O–H groups in total. The summed E-state index contributed by atoms with van der Waals surface area (Å²) in [4.78, 5) is 37.1. The molecule has 0 atom stereocenters. The van der Waals surface area contributed by atoms with E-state index >= 15 is 0 Å². The monoisotopic (exact) mass is 454 g/mol. The molecule has 2 fully saturated rings. The summed E-state index contributed by atoms with van der Waals surface area (Å²) in [5.41, 5.74) is 2.22. The van der Waals surface area contributed by atoms with Gasteiger partial charge < -0.3 is 19.3 Å². The molecule has 8 heteroatoms. The summed E-state index contributed by atoms with van der Waals surface area (Å²) in [6.45, 7) is 8.20. The molecule has 1 aromatic heterocycles. The number of unbranched alkanes of at least 4 members (excludes halogenated alkanes) is 1. The van der Waals surface area contributed by atoms with Crippen molar-refractivity contribution in [3.05, 3.63) is 30.1 Å². The van der Waals surface area contributed by atoms with Gasteiger partial charge >= 0.3 is 12.1 Å². The summed E-state index contributed by atoms with van der Waals surface area (Å²) in [5.74, 6) is 0.775. The van der Waals surface area contributed by atoms with Crippen molar-refractivity contribution >= 4 is 28.8 Å². The molecule has 0 bridgehead atoms. The van der Waals surface area contributed by atoms with Gasteiger partial charge in [0.15, 0.2) is 0 Å². The van der Waals surface area contributed by atoms with E-state index in [1.54, 1.807) is 6.33 Å². The third kappa shape index (κ3) is 5.37. The fraction of sp³-hybridized carbons (Fsp3) is 0.600. The Labute approximate surface area is 195 Å². The minimum atomic E-state index is -0.174. The molecule has 0 saturated carbocycles. The predicted molar refractivity (Wildman–Crippen MR) is 126 cm³/mol. The maximum absolute atomic E-state index is 12.2. The van der Waals surface area contributed by atoms with Gasteiger partial charge in [0, 0.05) is 43.4 Å². The average molecular weight is 455 g/mol. The van der Waals surface area contributed by atoms with Crippen LogP contribution in [0.4, 0.5) is 10.6 Å². The van der Waals surface area contributed by atoms with Crippen LogP contribution in [0.1, 0.15) is 51.5 Å². The van der Waals surface area contributed by atoms with Crippen LogP contribution in [0.15, 0.2) is 24.5 Å². The van der Waals surface area contributed by atoms with Gasteiger partial charge in [0.2, 0.25) is 0 Å². The highest BCUT2D eigenvalue weighted by atomic mass is 16.6. The molecule has 0 radical (unpaired) electrons. The SMILES string of the molecule is CCCCOC(=O)N1CCC2(CC1)CN(c1ncnc3ccc(CCC(=O)OCC)cc13)C2. The molecule has 2 aliphatic rings. The van der Waals surface area contributed by atoms with Crippen LogP contribution < -0.4 is 4.90 Å². The van der Waals surface area contributed by atoms with E-state index < -0.39 is 0 Å². The molecule has 1 spiro atoms. The predicted octanol–water partition coefficient (Wildman–Crippen LogP) is 3.96. The van der Waals surface area contributed by atoms with Crippen molar-refractivity contribution in [2.24, 2.45) is 5.41 Å². The number of piperidine rings is 1. The Morgan fingerprint density at radius 3 is 2.61 bits per heavy atom. The molecule has 0 unspecified atom stereocenters. The molecule has 2 aliphatic heterocycles. The Balaban J connectivity index is 1.36. The van der Waals surface area contributed by atoms with Crippen molar-refractivity contribution in [1.82, 2.24) is 14.9 Å². The molecule has 0 aliphatic carbocycles. The number of hydrogen-bond donors (Lipinski definition) is 0. The maximum Gasteiger partial charge on any atom is 0.409 e. The second-order valence-corrected chi connectivity index (χ2v) is 9.16. The topological polar surface area (TPSA) is 84.9 Å². The largest absolute Gasteiger partial charge is 0.466 e. The Morgan fingerprint density at radius 1 is 1.09 bits per heavy atom. The molecule has 4 rings (SSSR count). The number of rotatable bonds is 8. The molecule has 33 heavy (non-hydrogen) atoms. The van der Waals surface area contributed by atoms with Crippen LogP contribution >= 0.6 is 0 Å². The van der Waals surface area contributed by atoms with Crippen LogP contribution in [-0.2, 0) is 20.7 Å². The van der Waals surface area contributed by atoms with Crippen molar-refractivity contribution < 1.29 is 19.1 Å². The van der Waals surface area contributed by atoms with E-state index in [-0.39, 0.29) is 17.5 Å². The third-order valence-corrected chi connectivity index (χ3v) is 6.76. The van der Waals surface area contributed by atoms with Gasteiger partial charge in [-0.3, -0.25) is 4.79 Å². The Hall–Kier alpha value is -2.90. The standard InChI is InChI=1S/C25H34N4O4/c1-3-5-14-33-24(31)28-12-10-25(11-13-28)16-29(17-25)23-20-15-19(7-9-22(30)32-4-2)6-8-21(20)26-18-27-23/h6,8,15,18H,3-5,7,9-14,16-17H2,1-2H3. The summed E-state index contributed by atoms with van der Waals surface area (Å²) < 4.78 is 10.4. The molecule has 1 amide bonds. The van der Waals surface area contributed by atoms with Gasteiger partial charge in [0.25, 0.3) is 0 Å². The normalized spacial score (nSPS) is 17.2. The molecule has 8 nitrogen and oxygen atoms in total. The van der Waals surface area contributed by atoms with Crippen molar-refractivity contribution in [2.45, 2.75) is 52.4 Å². The molecule has 2 aromatic rings. The number of anilines is 1. The summed E-state index contributed by atoms with van der Waals surface area (Å²) in [7, 11) is 0. The number of carbonyl (C=O) groups excluding carboxylic acids is 2. The molecule has 178 valence electrons. The van der Waals surface area contributed by atoms with Crippen LogP contribution in [0.2, 0.25) is 0 Å². The highest BCUT2D eigenvalue weighted by Crippen LogP contribution is 2.43. The smallest absolute Gasteiger partial charge is 0.409 e. The minimum Gasteiger partial charge on any atom is -0.466 e. The number of esters is 1. The number of benzene rings is 1. The molecule has 3 heterocycles. The number of aromatic nitrogens is 2. The van der Waals surface area contributed by atoms with E-state index in [2.05, 4.69) is 27.9 Å². The lowest BCUT2D eigenvalue weighted by atomic mass is 9.72. The first-order chi connectivity index (χ1) is 16.0. The van der Waals surface area contributed by atoms with E-state index in [1.165, 1.54) is 0 Å². The van der Waals surface area contributed by atoms with Gasteiger partial charge in [-0.1, -0.05) is 19.4 Å². The van der Waals surface area contributed by atoms with E-state index in [9.17, 15) is 9.59 Å². The van der Waals surface area contributed by atoms with E-state index in [0.29, 0.717) is 26.1 Å². The molecular weight excluding hydrogens is 420 g/mol. The Bertz CT molecular complexity index is 980. The highest BCUT2D eigenvalue weighted by Gasteiger charge is 2.46. The summed E-state index contributed by atoms with van der Waals surface area (Å²) in [6.07, 6.45) is 6.36. The number of carbonyl (C=O) groups is 2. The van der Waals surface area contributed by atoms with Crippen molar-refractivity contribution in [3.63, 3.8) is 0 Å². The first kappa shape index (κ1) is 23.3. The first-order valence-electron chi connectivity index (χ1n) is 12.1. The van der Waals surface area contributed by atoms with Gasteiger partial charge in [-0.25, -0.2) is 14.8 Å². The number of likely N-dealkylation sites (tertiary alicyclic amines) is 1. The lowest BCUT2D eigenvalue weighted by Gasteiger charge is -2.54. The van der Waals surface area contributed by atoms with Gasteiger partial charge in [-0.15, -0.1) is 0 Å². The number of ether oxygens (including phenoxy) is 2. The summed E-state index contributed by atoms with van der Waals surface area (Å²) in [5, 5.41) is 1.02. The lowest BCUT2D eigenvalue weighted by Crippen LogP contribution is -2.61. The van der Waals surface area contributed by atoms with Crippen LogP contribution in [0.25, 0.3) is 10.9 Å². The van der Waals surface area contributed by atoms with Crippen molar-refractivity contribution in [3.8, 4) is 0 Å². The zero-order chi connectivity index (χ0) is 23.3. The van der Waals surface area contributed by atoms with Gasteiger partial charge in [-0.05, 0) is 50.3 Å². The second kappa shape index (κ2) is 10.4. The quantitative estimate of drug-likeness (QED) is 0.441. The van der Waals surface area contributed by atoms with Gasteiger partial charge in [0.05, 0.1) is 18.7 Å². The zero-order valence-corrected chi connectivity index (χ0v) is 19.7. The Kier molecular flexibility index (Phi) is 7.30. The van der Waals surface area contributed by atoms with Crippen LogP contribution in [0.5, 0.6) is 0 Å². The number of hydrogen-bond acceptors (Lipinski definition) is 7. The fourth-order valence-electron chi connectivity index (χ4n) is 4.77. The number of aryl methyl sites for hydroxylation is 1. The second-order valence-electron chi connectivity index (χ2n) is 9.16. The average Bonchev–Trinajstić information content (AvgIpc) is 2.81.